The van der Waals surface area contributed by atoms with Crippen molar-refractivity contribution in [3.63, 3.8) is 0 Å². The Morgan fingerprint density at radius 3 is 2.86 bits per heavy atom. The minimum absolute atomic E-state index is 0.0442. The topological polar surface area (TPSA) is 73.1 Å². The minimum atomic E-state index is 0.0442. The van der Waals surface area contributed by atoms with Gasteiger partial charge in [0.2, 0.25) is 0 Å². The van der Waals surface area contributed by atoms with Crippen LogP contribution in [0.1, 0.15) is 28.8 Å². The van der Waals surface area contributed by atoms with Crippen molar-refractivity contribution in [3.8, 4) is 5.69 Å². The lowest BCUT2D eigenvalue weighted by molar-refractivity contribution is 0.0425. The summed E-state index contributed by atoms with van der Waals surface area (Å²) in [6.07, 6.45) is 3.60. The van der Waals surface area contributed by atoms with Gasteiger partial charge in [0.05, 0.1) is 18.9 Å². The number of rotatable bonds is 6. The van der Waals surface area contributed by atoms with Crippen LogP contribution in [0.15, 0.2) is 60.9 Å². The summed E-state index contributed by atoms with van der Waals surface area (Å²) in [5.41, 5.74) is 2.60. The fraction of sp³-hybridized carbons (Fsp3) is 0.333. The number of likely N-dealkylation sites (tertiary alicyclic amines) is 1. The van der Waals surface area contributed by atoms with Crippen molar-refractivity contribution in [2.24, 2.45) is 5.92 Å². The van der Waals surface area contributed by atoms with Gasteiger partial charge in [0.1, 0.15) is 6.33 Å². The molecule has 1 aliphatic rings. The summed E-state index contributed by atoms with van der Waals surface area (Å²) in [6.45, 7) is 2.79. The minimum Gasteiger partial charge on any atom is -0.376 e. The standard InChI is InChI=1S/C21H23N5O2/c27-21(19-9-4-10-20(12-19)26-16-22-23-24-26)25-11-5-8-18(13-25)15-28-14-17-6-2-1-3-7-17/h1-4,6-7,9-10,12,16,18H,5,8,11,13-15H2. The number of ether oxygens (including phenoxy) is 1. The largest absolute Gasteiger partial charge is 0.376 e. The molecular weight excluding hydrogens is 354 g/mol. The maximum absolute atomic E-state index is 13.0. The Hall–Kier alpha value is -3.06. The Labute approximate surface area is 163 Å². The van der Waals surface area contributed by atoms with Crippen LogP contribution in [0.5, 0.6) is 0 Å². The van der Waals surface area contributed by atoms with Gasteiger partial charge in [-0.3, -0.25) is 4.79 Å². The monoisotopic (exact) mass is 377 g/mol. The average molecular weight is 377 g/mol. The number of piperidine rings is 1. The van der Waals surface area contributed by atoms with Crippen LogP contribution in [0.4, 0.5) is 0 Å². The number of carbonyl (C=O) groups is 1. The number of tetrazole rings is 1. The van der Waals surface area contributed by atoms with Crippen LogP contribution in [0, 0.1) is 5.92 Å². The van der Waals surface area contributed by atoms with Crippen LogP contribution in [-0.2, 0) is 11.3 Å². The van der Waals surface area contributed by atoms with E-state index in [0.29, 0.717) is 24.7 Å². The van der Waals surface area contributed by atoms with Crippen molar-refractivity contribution in [3.05, 3.63) is 72.1 Å². The molecule has 0 saturated carbocycles. The molecule has 0 bridgehead atoms. The molecule has 0 aliphatic carbocycles. The summed E-state index contributed by atoms with van der Waals surface area (Å²) >= 11 is 0. The van der Waals surface area contributed by atoms with E-state index in [1.165, 1.54) is 11.9 Å². The lowest BCUT2D eigenvalue weighted by atomic mass is 9.98. The van der Waals surface area contributed by atoms with Gasteiger partial charge in [-0.1, -0.05) is 36.4 Å². The molecule has 7 nitrogen and oxygen atoms in total. The van der Waals surface area contributed by atoms with Crippen molar-refractivity contribution in [2.45, 2.75) is 19.4 Å². The number of benzene rings is 2. The van der Waals surface area contributed by atoms with Crippen molar-refractivity contribution in [1.82, 2.24) is 25.1 Å². The Morgan fingerprint density at radius 2 is 2.04 bits per heavy atom. The summed E-state index contributed by atoms with van der Waals surface area (Å²) in [6, 6.07) is 17.6. The van der Waals surface area contributed by atoms with E-state index >= 15 is 0 Å². The Kier molecular flexibility index (Phi) is 5.72. The van der Waals surface area contributed by atoms with Gasteiger partial charge in [-0.2, -0.15) is 0 Å². The van der Waals surface area contributed by atoms with Gasteiger partial charge >= 0.3 is 0 Å². The number of nitrogens with zero attached hydrogens (tertiary/aromatic N) is 5. The molecule has 0 N–H and O–H groups in total. The van der Waals surface area contributed by atoms with Gasteiger partial charge in [0.25, 0.3) is 5.91 Å². The SMILES string of the molecule is O=C(c1cccc(-n2cnnn2)c1)N1CCCC(COCc2ccccc2)C1. The van der Waals surface area contributed by atoms with Crippen LogP contribution < -0.4 is 0 Å². The summed E-state index contributed by atoms with van der Waals surface area (Å²) in [7, 11) is 0. The lowest BCUT2D eigenvalue weighted by Gasteiger charge is -2.32. The van der Waals surface area contributed by atoms with E-state index in [1.807, 2.05) is 47.4 Å². The summed E-state index contributed by atoms with van der Waals surface area (Å²) in [5.74, 6) is 0.409. The van der Waals surface area contributed by atoms with Crippen molar-refractivity contribution < 1.29 is 9.53 Å². The molecular formula is C21H23N5O2. The Bertz CT molecular complexity index is 898. The zero-order chi connectivity index (χ0) is 19.2. The van der Waals surface area contributed by atoms with E-state index in [-0.39, 0.29) is 5.91 Å². The van der Waals surface area contributed by atoms with E-state index in [0.717, 1.165) is 31.6 Å². The highest BCUT2D eigenvalue weighted by Crippen LogP contribution is 2.20. The molecule has 144 valence electrons. The molecule has 1 saturated heterocycles. The molecule has 1 atom stereocenters. The average Bonchev–Trinajstić information content (AvgIpc) is 3.29. The first kappa shape index (κ1) is 18.3. The first-order valence-corrected chi connectivity index (χ1v) is 9.54. The first-order chi connectivity index (χ1) is 13.8. The second-order valence-electron chi connectivity index (χ2n) is 7.06. The molecule has 1 aromatic heterocycles. The maximum Gasteiger partial charge on any atom is 0.253 e. The molecule has 0 radical (unpaired) electrons. The van der Waals surface area contributed by atoms with E-state index in [4.69, 9.17) is 4.74 Å². The normalized spacial score (nSPS) is 16.9. The molecule has 2 aromatic carbocycles. The predicted octanol–water partition coefficient (Wildman–Crippen LogP) is 2.73. The van der Waals surface area contributed by atoms with E-state index < -0.39 is 0 Å². The van der Waals surface area contributed by atoms with Crippen LogP contribution >= 0.6 is 0 Å². The molecule has 28 heavy (non-hydrogen) atoms. The predicted molar refractivity (Wildman–Crippen MR) is 104 cm³/mol. The molecule has 7 heteroatoms. The van der Waals surface area contributed by atoms with E-state index in [9.17, 15) is 4.79 Å². The van der Waals surface area contributed by atoms with Gasteiger partial charge in [-0.05, 0) is 52.9 Å². The summed E-state index contributed by atoms with van der Waals surface area (Å²) in [4.78, 5) is 14.9. The highest BCUT2D eigenvalue weighted by atomic mass is 16.5. The van der Waals surface area contributed by atoms with Crippen LogP contribution in [-0.4, -0.2) is 50.7 Å². The van der Waals surface area contributed by atoms with E-state index in [2.05, 4.69) is 27.7 Å². The molecule has 1 aliphatic heterocycles. The lowest BCUT2D eigenvalue weighted by Crippen LogP contribution is -2.41. The van der Waals surface area contributed by atoms with Crippen LogP contribution in [0.25, 0.3) is 5.69 Å². The highest BCUT2D eigenvalue weighted by Gasteiger charge is 2.25. The smallest absolute Gasteiger partial charge is 0.253 e. The molecule has 1 unspecified atom stereocenters. The highest BCUT2D eigenvalue weighted by molar-refractivity contribution is 5.94. The summed E-state index contributed by atoms with van der Waals surface area (Å²) in [5, 5.41) is 11.2. The van der Waals surface area contributed by atoms with Crippen molar-refractivity contribution in [2.75, 3.05) is 19.7 Å². The molecule has 1 fully saturated rings. The third-order valence-electron chi connectivity index (χ3n) is 4.98. The number of carbonyl (C=O) groups excluding carboxylic acids is 1. The van der Waals surface area contributed by atoms with Crippen molar-refractivity contribution in [1.29, 1.82) is 0 Å². The molecule has 1 amide bonds. The number of hydrogen-bond donors (Lipinski definition) is 0. The van der Waals surface area contributed by atoms with E-state index in [1.54, 1.807) is 4.68 Å². The number of aromatic nitrogens is 4. The zero-order valence-electron chi connectivity index (χ0n) is 15.6. The fourth-order valence-corrected chi connectivity index (χ4v) is 3.55. The fourth-order valence-electron chi connectivity index (χ4n) is 3.55. The first-order valence-electron chi connectivity index (χ1n) is 9.54. The number of amides is 1. The Balaban J connectivity index is 1.35. The maximum atomic E-state index is 13.0. The quantitative estimate of drug-likeness (QED) is 0.660. The molecule has 0 spiro atoms. The molecule has 4 rings (SSSR count). The number of hydrogen-bond acceptors (Lipinski definition) is 5. The third-order valence-corrected chi connectivity index (χ3v) is 4.98. The van der Waals surface area contributed by atoms with Gasteiger partial charge in [0.15, 0.2) is 0 Å². The van der Waals surface area contributed by atoms with Crippen LogP contribution in [0.2, 0.25) is 0 Å². The molecule has 3 aromatic rings. The van der Waals surface area contributed by atoms with Crippen molar-refractivity contribution >= 4 is 5.91 Å². The summed E-state index contributed by atoms with van der Waals surface area (Å²) < 4.78 is 7.45. The van der Waals surface area contributed by atoms with Gasteiger partial charge in [-0.25, -0.2) is 4.68 Å². The Morgan fingerprint density at radius 1 is 1.14 bits per heavy atom. The second kappa shape index (κ2) is 8.75. The molecule has 2 heterocycles. The van der Waals surface area contributed by atoms with Gasteiger partial charge in [0, 0.05) is 18.7 Å². The zero-order valence-corrected chi connectivity index (χ0v) is 15.6. The second-order valence-corrected chi connectivity index (χ2v) is 7.06. The van der Waals surface area contributed by atoms with Crippen LogP contribution in [0.3, 0.4) is 0 Å². The third kappa shape index (κ3) is 4.43. The van der Waals surface area contributed by atoms with Gasteiger partial charge in [-0.15, -0.1) is 5.10 Å². The van der Waals surface area contributed by atoms with Gasteiger partial charge < -0.3 is 9.64 Å².